The number of hydrogen-bond acceptors (Lipinski definition) is 2. The van der Waals surface area contributed by atoms with Crippen molar-refractivity contribution in [2.45, 2.75) is 70.5 Å². The van der Waals surface area contributed by atoms with Crippen LogP contribution >= 0.6 is 0 Å². The Balaban J connectivity index is 1.89. The van der Waals surface area contributed by atoms with Crippen LogP contribution in [0, 0.1) is 5.92 Å². The van der Waals surface area contributed by atoms with E-state index in [9.17, 15) is 9.59 Å². The molecule has 4 heteroatoms. The van der Waals surface area contributed by atoms with E-state index in [-0.39, 0.29) is 24.0 Å². The predicted molar refractivity (Wildman–Crippen MR) is 68.0 cm³/mol. The summed E-state index contributed by atoms with van der Waals surface area (Å²) in [5.41, 5.74) is 0. The molecule has 100 valence electrons. The minimum Gasteiger partial charge on any atom is -0.309 e. The van der Waals surface area contributed by atoms with Crippen molar-refractivity contribution in [2.24, 2.45) is 5.92 Å². The predicted octanol–water partition coefficient (Wildman–Crippen LogP) is 2.38. The Morgan fingerprint density at radius 3 is 2.50 bits per heavy atom. The van der Waals surface area contributed by atoms with Crippen molar-refractivity contribution in [3.05, 3.63) is 0 Å². The van der Waals surface area contributed by atoms with Crippen LogP contribution in [0.15, 0.2) is 0 Å². The number of piperidine rings is 1. The van der Waals surface area contributed by atoms with E-state index in [0.717, 1.165) is 19.3 Å². The van der Waals surface area contributed by atoms with Gasteiger partial charge in [-0.05, 0) is 45.4 Å². The van der Waals surface area contributed by atoms with Gasteiger partial charge in [0.2, 0.25) is 0 Å². The van der Waals surface area contributed by atoms with E-state index in [2.05, 4.69) is 0 Å². The summed E-state index contributed by atoms with van der Waals surface area (Å²) in [6, 6.07) is 0.131. The molecule has 3 atom stereocenters. The van der Waals surface area contributed by atoms with Crippen molar-refractivity contribution in [1.29, 1.82) is 0 Å². The van der Waals surface area contributed by atoms with Crippen LogP contribution in [0.1, 0.15) is 52.4 Å². The fraction of sp³-hybridized carbons (Fsp3) is 0.857. The number of nitrogens with zero attached hydrogens (tertiary/aromatic N) is 2. The van der Waals surface area contributed by atoms with Gasteiger partial charge >= 0.3 is 6.03 Å². The van der Waals surface area contributed by atoms with Gasteiger partial charge in [0.25, 0.3) is 5.91 Å². The number of carbonyl (C=O) groups is 2. The van der Waals surface area contributed by atoms with Crippen LogP contribution in [0.5, 0.6) is 0 Å². The summed E-state index contributed by atoms with van der Waals surface area (Å²) in [4.78, 5) is 28.2. The molecule has 0 bridgehead atoms. The quantitative estimate of drug-likeness (QED) is 0.670. The lowest BCUT2D eigenvalue weighted by atomic mass is 9.77. The van der Waals surface area contributed by atoms with E-state index in [1.807, 2.05) is 18.7 Å². The van der Waals surface area contributed by atoms with Gasteiger partial charge < -0.3 is 4.90 Å². The number of carbonyl (C=O) groups excluding carboxylic acids is 2. The minimum atomic E-state index is -0.153. The molecule has 2 heterocycles. The summed E-state index contributed by atoms with van der Waals surface area (Å²) < 4.78 is 0. The second kappa shape index (κ2) is 4.25. The maximum Gasteiger partial charge on any atom is 0.327 e. The summed E-state index contributed by atoms with van der Waals surface area (Å²) in [6.07, 6.45) is 6.80. The average molecular weight is 250 g/mol. The molecule has 3 fully saturated rings. The van der Waals surface area contributed by atoms with Crippen LogP contribution in [0.2, 0.25) is 0 Å². The summed E-state index contributed by atoms with van der Waals surface area (Å²) in [6.45, 7) is 3.85. The highest BCUT2D eigenvalue weighted by Gasteiger charge is 2.52. The smallest absolute Gasteiger partial charge is 0.309 e. The van der Waals surface area contributed by atoms with Gasteiger partial charge in [-0.3, -0.25) is 9.69 Å². The molecule has 0 aromatic carbocycles. The van der Waals surface area contributed by atoms with Gasteiger partial charge in [-0.25, -0.2) is 4.79 Å². The Kier molecular flexibility index (Phi) is 2.83. The molecule has 3 amide bonds. The van der Waals surface area contributed by atoms with Gasteiger partial charge in [-0.1, -0.05) is 12.8 Å². The van der Waals surface area contributed by atoms with Crippen LogP contribution in [0.3, 0.4) is 0 Å². The van der Waals surface area contributed by atoms with Crippen molar-refractivity contribution in [1.82, 2.24) is 9.80 Å². The third-order valence-electron chi connectivity index (χ3n) is 4.84. The molecule has 2 saturated heterocycles. The molecule has 0 radical (unpaired) electrons. The first kappa shape index (κ1) is 12.0. The fourth-order valence-electron chi connectivity index (χ4n) is 4.01. The van der Waals surface area contributed by atoms with Gasteiger partial charge in [0.15, 0.2) is 0 Å². The first-order valence-electron chi connectivity index (χ1n) is 7.26. The third kappa shape index (κ3) is 1.57. The standard InChI is InChI=1S/C14H22N2O2/c1-9(2)15-13(17)12-8-7-10-5-3-4-6-11(10)16(12)14(15)18/h9-12H,3-8H2,1-2H3. The van der Waals surface area contributed by atoms with Gasteiger partial charge in [0.05, 0.1) is 0 Å². The molecule has 1 aliphatic carbocycles. The summed E-state index contributed by atoms with van der Waals surface area (Å²) in [5.74, 6) is 0.679. The number of imide groups is 1. The number of fused-ring (bicyclic) bond motifs is 3. The van der Waals surface area contributed by atoms with Crippen molar-refractivity contribution in [3.8, 4) is 0 Å². The largest absolute Gasteiger partial charge is 0.327 e. The van der Waals surface area contributed by atoms with Crippen molar-refractivity contribution in [2.75, 3.05) is 0 Å². The van der Waals surface area contributed by atoms with Gasteiger partial charge in [0.1, 0.15) is 6.04 Å². The van der Waals surface area contributed by atoms with Crippen LogP contribution in [0.4, 0.5) is 4.79 Å². The number of amides is 3. The first-order chi connectivity index (χ1) is 8.61. The maximum atomic E-state index is 12.5. The molecular formula is C14H22N2O2. The summed E-state index contributed by atoms with van der Waals surface area (Å²) in [5, 5.41) is 0. The zero-order valence-corrected chi connectivity index (χ0v) is 11.3. The zero-order chi connectivity index (χ0) is 12.9. The number of hydrogen-bond donors (Lipinski definition) is 0. The molecule has 0 N–H and O–H groups in total. The molecule has 4 nitrogen and oxygen atoms in total. The lowest BCUT2D eigenvalue weighted by Crippen LogP contribution is -2.52. The van der Waals surface area contributed by atoms with Gasteiger partial charge in [-0.2, -0.15) is 0 Å². The first-order valence-corrected chi connectivity index (χ1v) is 7.26. The third-order valence-corrected chi connectivity index (χ3v) is 4.84. The molecule has 1 saturated carbocycles. The van der Waals surface area contributed by atoms with Crippen molar-refractivity contribution >= 4 is 11.9 Å². The molecule has 0 aromatic rings. The Bertz CT molecular complexity index is 380. The fourth-order valence-corrected chi connectivity index (χ4v) is 4.01. The van der Waals surface area contributed by atoms with Crippen LogP contribution in [-0.4, -0.2) is 39.9 Å². The summed E-state index contributed by atoms with van der Waals surface area (Å²) in [7, 11) is 0. The van der Waals surface area contributed by atoms with E-state index < -0.39 is 0 Å². The summed E-state index contributed by atoms with van der Waals surface area (Å²) >= 11 is 0. The van der Waals surface area contributed by atoms with E-state index in [1.165, 1.54) is 24.2 Å². The lowest BCUT2D eigenvalue weighted by molar-refractivity contribution is -0.130. The van der Waals surface area contributed by atoms with Crippen molar-refractivity contribution < 1.29 is 9.59 Å². The maximum absolute atomic E-state index is 12.5. The van der Waals surface area contributed by atoms with E-state index in [0.29, 0.717) is 12.0 Å². The molecular weight excluding hydrogens is 228 g/mol. The van der Waals surface area contributed by atoms with E-state index >= 15 is 0 Å². The van der Waals surface area contributed by atoms with Crippen LogP contribution in [0.25, 0.3) is 0 Å². The van der Waals surface area contributed by atoms with Gasteiger partial charge in [0, 0.05) is 12.1 Å². The molecule has 3 aliphatic rings. The highest BCUT2D eigenvalue weighted by atomic mass is 16.2. The number of rotatable bonds is 1. The molecule has 0 aromatic heterocycles. The highest BCUT2D eigenvalue weighted by Crippen LogP contribution is 2.41. The monoisotopic (exact) mass is 250 g/mol. The topological polar surface area (TPSA) is 40.6 Å². The molecule has 3 unspecified atom stereocenters. The zero-order valence-electron chi connectivity index (χ0n) is 11.3. The van der Waals surface area contributed by atoms with Crippen LogP contribution in [-0.2, 0) is 4.79 Å². The lowest BCUT2D eigenvalue weighted by Gasteiger charge is -2.44. The molecule has 18 heavy (non-hydrogen) atoms. The minimum absolute atomic E-state index is 0.0161. The second-order valence-corrected chi connectivity index (χ2v) is 6.20. The van der Waals surface area contributed by atoms with Crippen LogP contribution < -0.4 is 0 Å². The number of urea groups is 1. The Labute approximate surface area is 108 Å². The molecule has 2 aliphatic heterocycles. The van der Waals surface area contributed by atoms with Gasteiger partial charge in [-0.15, -0.1) is 0 Å². The van der Waals surface area contributed by atoms with Crippen molar-refractivity contribution in [3.63, 3.8) is 0 Å². The average Bonchev–Trinajstić information content (AvgIpc) is 2.62. The SMILES string of the molecule is CC(C)N1C(=O)C2CCC3CCCCC3N2C1=O. The Hall–Kier alpha value is -1.06. The van der Waals surface area contributed by atoms with E-state index in [1.54, 1.807) is 0 Å². The Morgan fingerprint density at radius 1 is 1.06 bits per heavy atom. The van der Waals surface area contributed by atoms with E-state index in [4.69, 9.17) is 0 Å². The Morgan fingerprint density at radius 2 is 1.78 bits per heavy atom. The molecule has 0 spiro atoms. The normalized spacial score (nSPS) is 36.1. The molecule has 3 rings (SSSR count). The second-order valence-electron chi connectivity index (χ2n) is 6.20. The highest BCUT2D eigenvalue weighted by molar-refractivity contribution is 6.04.